The van der Waals surface area contributed by atoms with Crippen molar-refractivity contribution in [1.82, 2.24) is 4.57 Å². The summed E-state index contributed by atoms with van der Waals surface area (Å²) < 4.78 is 7.32. The van der Waals surface area contributed by atoms with E-state index in [0.29, 0.717) is 23.4 Å². The molecule has 132 valence electrons. The molecule has 0 bridgehead atoms. The van der Waals surface area contributed by atoms with Gasteiger partial charge in [0.15, 0.2) is 0 Å². The second-order valence-corrected chi connectivity index (χ2v) is 6.34. The van der Waals surface area contributed by atoms with Gasteiger partial charge in [0.05, 0.1) is 34.7 Å². The van der Waals surface area contributed by atoms with Crippen LogP contribution in [0.2, 0.25) is 0 Å². The first-order valence-corrected chi connectivity index (χ1v) is 8.58. The number of carbonyl (C=O) groups is 1. The van der Waals surface area contributed by atoms with E-state index in [1.165, 1.54) is 6.26 Å². The number of nitriles is 1. The Bertz CT molecular complexity index is 1160. The molecular formula is C22H17N3O2. The summed E-state index contributed by atoms with van der Waals surface area (Å²) in [5.41, 5.74) is 4.03. The van der Waals surface area contributed by atoms with Gasteiger partial charge in [0.2, 0.25) is 0 Å². The van der Waals surface area contributed by atoms with Gasteiger partial charge < -0.3 is 14.3 Å². The summed E-state index contributed by atoms with van der Waals surface area (Å²) in [6, 6.07) is 19.2. The monoisotopic (exact) mass is 355 g/mol. The number of nitrogens with zero attached hydrogens (tertiary/aromatic N) is 2. The van der Waals surface area contributed by atoms with E-state index in [-0.39, 0.29) is 5.91 Å². The largest absolute Gasteiger partial charge is 0.469 e. The van der Waals surface area contributed by atoms with Gasteiger partial charge in [0.1, 0.15) is 5.76 Å². The maximum atomic E-state index is 12.6. The highest BCUT2D eigenvalue weighted by molar-refractivity contribution is 6.09. The summed E-state index contributed by atoms with van der Waals surface area (Å²) >= 11 is 0. The van der Waals surface area contributed by atoms with Crippen LogP contribution >= 0.6 is 0 Å². The van der Waals surface area contributed by atoms with E-state index in [4.69, 9.17) is 9.68 Å². The second-order valence-electron chi connectivity index (χ2n) is 6.34. The number of nitrogens with one attached hydrogen (secondary N) is 1. The average Bonchev–Trinajstić information content (AvgIpc) is 3.27. The lowest BCUT2D eigenvalue weighted by Gasteiger charge is -2.05. The quantitative estimate of drug-likeness (QED) is 0.576. The van der Waals surface area contributed by atoms with E-state index < -0.39 is 0 Å². The molecule has 0 radical (unpaired) electrons. The minimum atomic E-state index is -0.192. The van der Waals surface area contributed by atoms with Gasteiger partial charge >= 0.3 is 0 Å². The van der Waals surface area contributed by atoms with E-state index in [1.54, 1.807) is 13.0 Å². The smallest absolute Gasteiger partial charge is 0.259 e. The van der Waals surface area contributed by atoms with Gasteiger partial charge in [-0.1, -0.05) is 30.3 Å². The van der Waals surface area contributed by atoms with Crippen molar-refractivity contribution >= 4 is 22.5 Å². The fourth-order valence-electron chi connectivity index (χ4n) is 3.17. The number of rotatable bonds is 4. The molecule has 0 saturated carbocycles. The summed E-state index contributed by atoms with van der Waals surface area (Å²) in [6.07, 6.45) is 3.45. The molecule has 5 nitrogen and oxygen atoms in total. The molecule has 0 spiro atoms. The Morgan fingerprint density at radius 2 is 1.93 bits per heavy atom. The lowest BCUT2D eigenvalue weighted by molar-refractivity contribution is 0.102. The summed E-state index contributed by atoms with van der Waals surface area (Å²) in [5, 5.41) is 12.9. The Hall–Kier alpha value is -3.78. The van der Waals surface area contributed by atoms with Crippen molar-refractivity contribution in [3.05, 3.63) is 89.5 Å². The van der Waals surface area contributed by atoms with Crippen molar-refractivity contribution < 1.29 is 9.21 Å². The molecule has 0 unspecified atom stereocenters. The molecular weight excluding hydrogens is 338 g/mol. The molecule has 2 aromatic heterocycles. The highest BCUT2D eigenvalue weighted by Crippen LogP contribution is 2.27. The van der Waals surface area contributed by atoms with Crippen molar-refractivity contribution in [2.24, 2.45) is 0 Å². The van der Waals surface area contributed by atoms with Gasteiger partial charge in [-0.05, 0) is 36.8 Å². The van der Waals surface area contributed by atoms with E-state index >= 15 is 0 Å². The van der Waals surface area contributed by atoms with Gasteiger partial charge in [-0.2, -0.15) is 5.26 Å². The maximum absolute atomic E-state index is 12.6. The molecule has 1 N–H and O–H groups in total. The predicted octanol–water partition coefficient (Wildman–Crippen LogP) is 4.72. The van der Waals surface area contributed by atoms with Crippen LogP contribution in [0.3, 0.4) is 0 Å². The highest BCUT2D eigenvalue weighted by atomic mass is 16.3. The molecule has 0 aliphatic carbocycles. The number of aromatic nitrogens is 1. The summed E-state index contributed by atoms with van der Waals surface area (Å²) in [5.74, 6) is 0.399. The van der Waals surface area contributed by atoms with Gasteiger partial charge in [0, 0.05) is 18.1 Å². The molecule has 4 aromatic rings. The van der Waals surface area contributed by atoms with Crippen LogP contribution in [0.5, 0.6) is 0 Å². The molecule has 0 fully saturated rings. The minimum absolute atomic E-state index is 0.192. The molecule has 2 aromatic carbocycles. The van der Waals surface area contributed by atoms with Crippen molar-refractivity contribution in [3.63, 3.8) is 0 Å². The Kier molecular flexibility index (Phi) is 4.23. The number of para-hydroxylation sites is 1. The minimum Gasteiger partial charge on any atom is -0.469 e. The molecule has 0 atom stereocenters. The number of anilines is 1. The lowest BCUT2D eigenvalue weighted by Crippen LogP contribution is -2.11. The topological polar surface area (TPSA) is 71.0 Å². The first kappa shape index (κ1) is 16.7. The average molecular weight is 355 g/mol. The van der Waals surface area contributed by atoms with Crippen LogP contribution in [-0.2, 0) is 6.54 Å². The van der Waals surface area contributed by atoms with Crippen LogP contribution in [0.25, 0.3) is 10.9 Å². The first-order chi connectivity index (χ1) is 13.2. The van der Waals surface area contributed by atoms with E-state index in [1.807, 2.05) is 54.7 Å². The molecule has 2 heterocycles. The van der Waals surface area contributed by atoms with Gasteiger partial charge in [0.25, 0.3) is 5.91 Å². The number of hydrogen-bond acceptors (Lipinski definition) is 3. The number of carbonyl (C=O) groups excluding carboxylic acids is 1. The van der Waals surface area contributed by atoms with Gasteiger partial charge in [-0.15, -0.1) is 0 Å². The predicted molar refractivity (Wildman–Crippen MR) is 104 cm³/mol. The fourth-order valence-corrected chi connectivity index (χ4v) is 3.17. The lowest BCUT2D eigenvalue weighted by atomic mass is 10.1. The van der Waals surface area contributed by atoms with Crippen molar-refractivity contribution in [1.29, 1.82) is 5.26 Å². The van der Waals surface area contributed by atoms with Crippen molar-refractivity contribution in [2.75, 3.05) is 5.32 Å². The van der Waals surface area contributed by atoms with Crippen LogP contribution in [0, 0.1) is 18.3 Å². The zero-order valence-corrected chi connectivity index (χ0v) is 14.8. The summed E-state index contributed by atoms with van der Waals surface area (Å²) in [4.78, 5) is 12.6. The number of benzene rings is 2. The number of amides is 1. The van der Waals surface area contributed by atoms with Gasteiger partial charge in [-0.3, -0.25) is 4.79 Å². The standard InChI is InChI=1S/C22H17N3O2/c1-15-18(10-11-27-15)22(26)24-20-14-25(21-5-3-2-4-19(20)21)13-17-8-6-16(12-23)7-9-17/h2-11,14H,13H2,1H3,(H,24,26). The molecule has 0 saturated heterocycles. The number of hydrogen-bond donors (Lipinski definition) is 1. The third kappa shape index (κ3) is 3.21. The third-order valence-electron chi connectivity index (χ3n) is 4.58. The van der Waals surface area contributed by atoms with Crippen molar-refractivity contribution in [3.8, 4) is 6.07 Å². The number of aryl methyl sites for hydroxylation is 1. The van der Waals surface area contributed by atoms with E-state index in [9.17, 15) is 4.79 Å². The highest BCUT2D eigenvalue weighted by Gasteiger charge is 2.15. The van der Waals surface area contributed by atoms with Crippen LogP contribution in [-0.4, -0.2) is 10.5 Å². The number of fused-ring (bicyclic) bond motifs is 1. The Morgan fingerprint density at radius 1 is 1.15 bits per heavy atom. The summed E-state index contributed by atoms with van der Waals surface area (Å²) in [6.45, 7) is 2.41. The molecule has 27 heavy (non-hydrogen) atoms. The Balaban J connectivity index is 1.67. The van der Waals surface area contributed by atoms with Crippen LogP contribution in [0.1, 0.15) is 27.2 Å². The van der Waals surface area contributed by atoms with Gasteiger partial charge in [-0.25, -0.2) is 0 Å². The molecule has 5 heteroatoms. The zero-order chi connectivity index (χ0) is 18.8. The first-order valence-electron chi connectivity index (χ1n) is 8.58. The molecule has 1 amide bonds. The van der Waals surface area contributed by atoms with Crippen LogP contribution in [0.4, 0.5) is 5.69 Å². The number of furan rings is 1. The fraction of sp³-hybridized carbons (Fsp3) is 0.0909. The van der Waals surface area contributed by atoms with E-state index in [2.05, 4.69) is 16.0 Å². The molecule has 0 aliphatic rings. The molecule has 0 aliphatic heterocycles. The Labute approximate surface area is 156 Å². The zero-order valence-electron chi connectivity index (χ0n) is 14.8. The molecule has 4 rings (SSSR count). The third-order valence-corrected chi connectivity index (χ3v) is 4.58. The van der Waals surface area contributed by atoms with E-state index in [0.717, 1.165) is 22.2 Å². The normalized spacial score (nSPS) is 10.7. The van der Waals surface area contributed by atoms with Crippen molar-refractivity contribution in [2.45, 2.75) is 13.5 Å². The van der Waals surface area contributed by atoms with Crippen LogP contribution in [0.15, 0.2) is 71.5 Å². The summed E-state index contributed by atoms with van der Waals surface area (Å²) in [7, 11) is 0. The Morgan fingerprint density at radius 3 is 2.63 bits per heavy atom. The maximum Gasteiger partial charge on any atom is 0.259 e. The SMILES string of the molecule is Cc1occc1C(=O)Nc1cn(Cc2ccc(C#N)cc2)c2ccccc12. The van der Waals surface area contributed by atoms with Crippen LogP contribution < -0.4 is 5.32 Å². The second kappa shape index (κ2) is 6.85.